The zero-order valence-corrected chi connectivity index (χ0v) is 14.8. The largest absolute Gasteiger partial charge is 0.348 e. The van der Waals surface area contributed by atoms with Gasteiger partial charge in [0, 0.05) is 31.0 Å². The smallest absolute Gasteiger partial charge is 0.246 e. The van der Waals surface area contributed by atoms with Crippen LogP contribution in [0.3, 0.4) is 0 Å². The quantitative estimate of drug-likeness (QED) is 0.682. The Labute approximate surface area is 154 Å². The van der Waals surface area contributed by atoms with E-state index >= 15 is 0 Å². The van der Waals surface area contributed by atoms with E-state index in [9.17, 15) is 21.6 Å². The molecule has 4 nitrogen and oxygen atoms in total. The number of hydrogen-bond acceptors (Lipinski definition) is 2. The van der Waals surface area contributed by atoms with E-state index in [1.807, 2.05) is 10.8 Å². The molecule has 0 N–H and O–H groups in total. The Morgan fingerprint density at radius 3 is 2.30 bits per heavy atom. The predicted octanol–water partition coefficient (Wildman–Crippen LogP) is 3.70. The summed E-state index contributed by atoms with van der Waals surface area (Å²) in [4.78, 5) is -0.587. The van der Waals surface area contributed by atoms with Crippen molar-refractivity contribution < 1.29 is 21.6 Å². The van der Waals surface area contributed by atoms with Gasteiger partial charge >= 0.3 is 0 Å². The molecule has 0 bridgehead atoms. The Morgan fingerprint density at radius 2 is 1.59 bits per heavy atom. The zero-order valence-electron chi connectivity index (χ0n) is 14.0. The van der Waals surface area contributed by atoms with E-state index in [0.29, 0.717) is 23.9 Å². The molecular weight excluding hydrogens is 377 g/mol. The highest BCUT2D eigenvalue weighted by atomic mass is 32.2. The van der Waals surface area contributed by atoms with E-state index < -0.39 is 38.4 Å². The number of halogens is 3. The number of benzene rings is 2. The summed E-state index contributed by atoms with van der Waals surface area (Å²) in [6.07, 6.45) is 1.83. The number of nitrogens with zero attached hydrogens (tertiary/aromatic N) is 2. The molecule has 0 spiro atoms. The Morgan fingerprint density at radius 1 is 0.889 bits per heavy atom. The molecule has 1 aromatic heterocycles. The summed E-state index contributed by atoms with van der Waals surface area (Å²) < 4.78 is 70.2. The summed E-state index contributed by atoms with van der Waals surface area (Å²) in [5.41, 5.74) is 1.25. The average Bonchev–Trinajstić information content (AvgIpc) is 3.10. The van der Waals surface area contributed by atoms with Crippen LogP contribution >= 0.6 is 0 Å². The van der Waals surface area contributed by atoms with Crippen LogP contribution in [0.1, 0.15) is 17.3 Å². The van der Waals surface area contributed by atoms with Crippen molar-refractivity contribution in [3.05, 3.63) is 89.5 Å². The van der Waals surface area contributed by atoms with E-state index in [1.54, 1.807) is 12.1 Å². The summed E-state index contributed by atoms with van der Waals surface area (Å²) in [5.74, 6) is -2.44. The molecule has 8 heteroatoms. The molecule has 0 amide bonds. The van der Waals surface area contributed by atoms with Crippen molar-refractivity contribution in [3.8, 4) is 0 Å². The number of aromatic nitrogens is 1. The molecule has 27 heavy (non-hydrogen) atoms. The average molecular weight is 392 g/mol. The third kappa shape index (κ3) is 3.04. The summed E-state index contributed by atoms with van der Waals surface area (Å²) >= 11 is 0. The molecule has 1 atom stereocenters. The van der Waals surface area contributed by atoms with Crippen LogP contribution in [-0.4, -0.2) is 23.8 Å². The van der Waals surface area contributed by atoms with Crippen molar-refractivity contribution in [1.29, 1.82) is 0 Å². The monoisotopic (exact) mass is 392 g/mol. The van der Waals surface area contributed by atoms with Gasteiger partial charge in [0.05, 0.1) is 6.04 Å². The van der Waals surface area contributed by atoms with Crippen LogP contribution in [0, 0.1) is 17.5 Å². The van der Waals surface area contributed by atoms with Crippen LogP contribution in [0.4, 0.5) is 13.2 Å². The van der Waals surface area contributed by atoms with Gasteiger partial charge < -0.3 is 4.57 Å². The van der Waals surface area contributed by atoms with Gasteiger partial charge in [0.15, 0.2) is 0 Å². The van der Waals surface area contributed by atoms with Crippen molar-refractivity contribution in [2.45, 2.75) is 17.5 Å². The molecule has 0 aliphatic carbocycles. The molecule has 4 rings (SSSR count). The maximum Gasteiger partial charge on any atom is 0.246 e. The topological polar surface area (TPSA) is 42.3 Å². The lowest BCUT2D eigenvalue weighted by Gasteiger charge is -2.36. The molecule has 0 fully saturated rings. The number of sulfonamides is 1. The minimum absolute atomic E-state index is 0.100. The van der Waals surface area contributed by atoms with Gasteiger partial charge in [-0.05, 0) is 42.0 Å². The van der Waals surface area contributed by atoms with E-state index in [1.165, 1.54) is 28.6 Å². The van der Waals surface area contributed by atoms with Crippen molar-refractivity contribution in [1.82, 2.24) is 8.87 Å². The lowest BCUT2D eigenvalue weighted by Crippen LogP contribution is -2.42. The van der Waals surface area contributed by atoms with Crippen LogP contribution in [0.2, 0.25) is 0 Å². The molecule has 3 aromatic rings. The summed E-state index contributed by atoms with van der Waals surface area (Å²) in [7, 11) is -4.25. The first-order valence-corrected chi connectivity index (χ1v) is 9.69. The first-order chi connectivity index (χ1) is 12.9. The van der Waals surface area contributed by atoms with Gasteiger partial charge in [-0.15, -0.1) is 0 Å². The third-order valence-electron chi connectivity index (χ3n) is 4.66. The van der Waals surface area contributed by atoms with Gasteiger partial charge in [0.1, 0.15) is 22.3 Å². The van der Waals surface area contributed by atoms with Gasteiger partial charge in [-0.1, -0.05) is 12.1 Å². The fourth-order valence-corrected chi connectivity index (χ4v) is 5.04. The standard InChI is InChI=1S/C19H15F3N2O2S/c20-14-5-3-13(4-6-14)19-17-2-1-9-23(17)10-11-24(19)27(25,26)18-8-7-15(21)12-16(18)22/h1-9,12,19H,10-11H2/t19-/m0/s1. The molecule has 0 radical (unpaired) electrons. The summed E-state index contributed by atoms with van der Waals surface area (Å²) in [6.45, 7) is 0.491. The van der Waals surface area contributed by atoms with Gasteiger partial charge in [-0.3, -0.25) is 0 Å². The Kier molecular flexibility index (Phi) is 4.32. The second-order valence-electron chi connectivity index (χ2n) is 6.27. The van der Waals surface area contributed by atoms with Crippen molar-refractivity contribution in [2.24, 2.45) is 0 Å². The molecule has 2 aromatic carbocycles. The van der Waals surface area contributed by atoms with Crippen LogP contribution in [-0.2, 0) is 16.6 Å². The predicted molar refractivity (Wildman–Crippen MR) is 92.9 cm³/mol. The van der Waals surface area contributed by atoms with Crippen LogP contribution in [0.15, 0.2) is 65.7 Å². The van der Waals surface area contributed by atoms with Crippen molar-refractivity contribution in [3.63, 3.8) is 0 Å². The Bertz CT molecular complexity index is 1090. The molecule has 0 saturated carbocycles. The highest BCUT2D eigenvalue weighted by Crippen LogP contribution is 2.37. The van der Waals surface area contributed by atoms with Crippen molar-refractivity contribution >= 4 is 10.0 Å². The number of hydrogen-bond donors (Lipinski definition) is 0. The normalized spacial score (nSPS) is 17.7. The van der Waals surface area contributed by atoms with E-state index in [2.05, 4.69) is 0 Å². The molecule has 0 unspecified atom stereocenters. The van der Waals surface area contributed by atoms with E-state index in [4.69, 9.17) is 0 Å². The fraction of sp³-hybridized carbons (Fsp3) is 0.158. The number of fused-ring (bicyclic) bond motifs is 1. The highest BCUT2D eigenvalue weighted by Gasteiger charge is 2.38. The zero-order chi connectivity index (χ0) is 19.2. The molecule has 140 valence electrons. The minimum Gasteiger partial charge on any atom is -0.348 e. The van der Waals surface area contributed by atoms with Gasteiger partial charge in [0.2, 0.25) is 10.0 Å². The fourth-order valence-electron chi connectivity index (χ4n) is 3.41. The second-order valence-corrected chi connectivity index (χ2v) is 8.13. The molecule has 1 aliphatic heterocycles. The maximum absolute atomic E-state index is 14.2. The number of rotatable bonds is 3. The van der Waals surface area contributed by atoms with Gasteiger partial charge in [0.25, 0.3) is 0 Å². The van der Waals surface area contributed by atoms with Crippen LogP contribution < -0.4 is 0 Å². The Balaban J connectivity index is 1.86. The van der Waals surface area contributed by atoms with Crippen LogP contribution in [0.25, 0.3) is 0 Å². The lowest BCUT2D eigenvalue weighted by molar-refractivity contribution is 0.297. The first-order valence-electron chi connectivity index (χ1n) is 8.25. The molecule has 2 heterocycles. The summed E-state index contributed by atoms with van der Waals surface area (Å²) in [6, 6.07) is 10.7. The third-order valence-corrected chi connectivity index (χ3v) is 6.56. The van der Waals surface area contributed by atoms with E-state index in [-0.39, 0.29) is 6.54 Å². The molecule has 1 aliphatic rings. The second kappa shape index (κ2) is 6.54. The van der Waals surface area contributed by atoms with Crippen LogP contribution in [0.5, 0.6) is 0 Å². The van der Waals surface area contributed by atoms with E-state index in [0.717, 1.165) is 12.1 Å². The minimum atomic E-state index is -4.25. The Hall–Kier alpha value is -2.58. The van der Waals surface area contributed by atoms with Gasteiger partial charge in [-0.25, -0.2) is 21.6 Å². The first kappa shape index (κ1) is 17.8. The molecular formula is C19H15F3N2O2S. The maximum atomic E-state index is 14.2. The molecule has 0 saturated heterocycles. The highest BCUT2D eigenvalue weighted by molar-refractivity contribution is 7.89. The SMILES string of the molecule is O=S(=O)(c1ccc(F)cc1F)N1CCn2cccc2[C@@H]1c1ccc(F)cc1. The summed E-state index contributed by atoms with van der Waals surface area (Å²) in [5, 5.41) is 0. The van der Waals surface area contributed by atoms with Gasteiger partial charge in [-0.2, -0.15) is 4.31 Å². The lowest BCUT2D eigenvalue weighted by atomic mass is 10.0. The van der Waals surface area contributed by atoms with Crippen molar-refractivity contribution in [2.75, 3.05) is 6.54 Å².